The van der Waals surface area contributed by atoms with Crippen molar-refractivity contribution in [2.75, 3.05) is 31.1 Å². The number of halogens is 1. The third-order valence-electron chi connectivity index (χ3n) is 6.16. The molecule has 0 N–H and O–H groups in total. The van der Waals surface area contributed by atoms with E-state index in [0.29, 0.717) is 47.0 Å². The molecule has 5 rings (SSSR count). The van der Waals surface area contributed by atoms with Crippen LogP contribution in [0, 0.1) is 10.1 Å². The first kappa shape index (κ1) is 23.1. The molecule has 1 aliphatic heterocycles. The van der Waals surface area contributed by atoms with Crippen LogP contribution in [0.1, 0.15) is 15.2 Å². The van der Waals surface area contributed by atoms with E-state index in [1.54, 1.807) is 29.2 Å². The Morgan fingerprint density at radius 2 is 1.77 bits per heavy atom. The van der Waals surface area contributed by atoms with Gasteiger partial charge in [-0.25, -0.2) is 0 Å². The fourth-order valence-electron chi connectivity index (χ4n) is 4.50. The van der Waals surface area contributed by atoms with Crippen molar-refractivity contribution in [1.29, 1.82) is 0 Å². The zero-order chi connectivity index (χ0) is 24.5. The predicted molar refractivity (Wildman–Crippen MR) is 138 cm³/mol. The summed E-state index contributed by atoms with van der Waals surface area (Å²) < 4.78 is 1.43. The number of hydrogen-bond acceptors (Lipinski definition) is 6. The third-order valence-corrected chi connectivity index (χ3v) is 7.25. The van der Waals surface area contributed by atoms with E-state index in [9.17, 15) is 19.7 Å². The number of carbonyl (C=O) groups is 1. The smallest absolute Gasteiger partial charge is 0.357 e. The van der Waals surface area contributed by atoms with E-state index in [0.717, 1.165) is 5.56 Å². The van der Waals surface area contributed by atoms with Gasteiger partial charge in [-0.2, -0.15) is 0 Å². The van der Waals surface area contributed by atoms with Gasteiger partial charge in [-0.15, -0.1) is 11.3 Å². The maximum atomic E-state index is 13.5. The summed E-state index contributed by atoms with van der Waals surface area (Å²) in [6.07, 6.45) is 0. The molecule has 0 atom stereocenters. The second-order valence-corrected chi connectivity index (χ2v) is 9.63. The lowest BCUT2D eigenvalue weighted by atomic mass is 10.1. The summed E-state index contributed by atoms with van der Waals surface area (Å²) >= 11 is 7.69. The number of aromatic nitrogens is 1. The molecule has 3 heterocycles. The number of thiophene rings is 1. The molecule has 10 heteroatoms. The van der Waals surface area contributed by atoms with Crippen molar-refractivity contribution in [3.8, 4) is 0 Å². The summed E-state index contributed by atoms with van der Waals surface area (Å²) in [5, 5.41) is 15.0. The summed E-state index contributed by atoms with van der Waals surface area (Å²) in [4.78, 5) is 42.1. The van der Waals surface area contributed by atoms with Crippen LogP contribution in [-0.4, -0.2) is 46.5 Å². The molecule has 0 unspecified atom stereocenters. The number of pyridine rings is 1. The van der Waals surface area contributed by atoms with Gasteiger partial charge in [-0.05, 0) is 35.2 Å². The molecule has 2 aromatic carbocycles. The van der Waals surface area contributed by atoms with E-state index < -0.39 is 16.2 Å². The van der Waals surface area contributed by atoms with Crippen LogP contribution in [0.4, 0.5) is 11.4 Å². The standard InChI is InChI=1S/C25H21ClN4O4S/c26-18-8-9-20-19(15-18)22(27-10-12-28(13-11-27)24(31)21-7-4-14-35-21)23(30(33)34)25(32)29(20)16-17-5-2-1-3-6-17/h1-9,14-15H,10-13,16H2. The molecule has 0 spiro atoms. The molecule has 4 aromatic rings. The van der Waals surface area contributed by atoms with Crippen LogP contribution in [-0.2, 0) is 6.54 Å². The maximum absolute atomic E-state index is 13.5. The maximum Gasteiger partial charge on any atom is 0.357 e. The first-order valence-corrected chi connectivity index (χ1v) is 12.3. The number of hydrogen-bond donors (Lipinski definition) is 0. The minimum atomic E-state index is -0.666. The van der Waals surface area contributed by atoms with Crippen LogP contribution >= 0.6 is 22.9 Å². The van der Waals surface area contributed by atoms with Crippen LogP contribution in [0.25, 0.3) is 10.9 Å². The molecule has 2 aromatic heterocycles. The second-order valence-electron chi connectivity index (χ2n) is 8.25. The number of anilines is 1. The van der Waals surface area contributed by atoms with Crippen molar-refractivity contribution in [3.63, 3.8) is 0 Å². The zero-order valence-corrected chi connectivity index (χ0v) is 20.2. The van der Waals surface area contributed by atoms with Crippen LogP contribution in [0.2, 0.25) is 5.02 Å². The first-order chi connectivity index (χ1) is 16.9. The van der Waals surface area contributed by atoms with Crippen molar-refractivity contribution < 1.29 is 9.72 Å². The highest BCUT2D eigenvalue weighted by molar-refractivity contribution is 7.12. The summed E-state index contributed by atoms with van der Waals surface area (Å²) in [6, 6.07) is 18.0. The molecular formula is C25H21ClN4O4S. The zero-order valence-electron chi connectivity index (χ0n) is 18.6. The predicted octanol–water partition coefficient (Wildman–Crippen LogP) is 4.64. The highest BCUT2D eigenvalue weighted by atomic mass is 35.5. The van der Waals surface area contributed by atoms with Crippen LogP contribution in [0.3, 0.4) is 0 Å². The lowest BCUT2D eigenvalue weighted by Crippen LogP contribution is -2.49. The van der Waals surface area contributed by atoms with E-state index >= 15 is 0 Å². The lowest BCUT2D eigenvalue weighted by Gasteiger charge is -2.36. The largest absolute Gasteiger partial charge is 0.362 e. The van der Waals surface area contributed by atoms with Gasteiger partial charge in [0.1, 0.15) is 5.69 Å². The van der Waals surface area contributed by atoms with Crippen LogP contribution < -0.4 is 10.5 Å². The van der Waals surface area contributed by atoms with Crippen LogP contribution in [0.5, 0.6) is 0 Å². The molecule has 1 fully saturated rings. The first-order valence-electron chi connectivity index (χ1n) is 11.1. The molecule has 1 amide bonds. The molecule has 35 heavy (non-hydrogen) atoms. The quantitative estimate of drug-likeness (QED) is 0.289. The summed E-state index contributed by atoms with van der Waals surface area (Å²) in [7, 11) is 0. The third kappa shape index (κ3) is 4.40. The Bertz CT molecular complexity index is 1460. The highest BCUT2D eigenvalue weighted by Crippen LogP contribution is 2.36. The van der Waals surface area contributed by atoms with Crippen molar-refractivity contribution in [1.82, 2.24) is 9.47 Å². The molecule has 0 aliphatic carbocycles. The van der Waals surface area contributed by atoms with Crippen molar-refractivity contribution >= 4 is 51.1 Å². The monoisotopic (exact) mass is 508 g/mol. The van der Waals surface area contributed by atoms with Gasteiger partial charge in [0.2, 0.25) is 0 Å². The average molecular weight is 509 g/mol. The lowest BCUT2D eigenvalue weighted by molar-refractivity contribution is -0.385. The highest BCUT2D eigenvalue weighted by Gasteiger charge is 2.32. The number of nitro groups is 1. The van der Waals surface area contributed by atoms with Gasteiger partial charge in [0.15, 0.2) is 0 Å². The van der Waals surface area contributed by atoms with Gasteiger partial charge < -0.3 is 9.80 Å². The van der Waals surface area contributed by atoms with E-state index in [2.05, 4.69) is 0 Å². The normalized spacial score (nSPS) is 13.9. The summed E-state index contributed by atoms with van der Waals surface area (Å²) in [5.74, 6) is -0.0552. The molecule has 1 aliphatic rings. The topological polar surface area (TPSA) is 88.7 Å². The van der Waals surface area contributed by atoms with E-state index in [1.165, 1.54) is 15.9 Å². The minimum Gasteiger partial charge on any atom is -0.362 e. The van der Waals surface area contributed by atoms with Crippen LogP contribution in [0.15, 0.2) is 70.8 Å². The Hall–Kier alpha value is -3.69. The number of piperazine rings is 1. The number of amides is 1. The molecular weight excluding hydrogens is 488 g/mol. The summed E-state index contributed by atoms with van der Waals surface area (Å²) in [6.45, 7) is 1.71. The van der Waals surface area contributed by atoms with Gasteiger partial charge in [0.25, 0.3) is 5.91 Å². The van der Waals surface area contributed by atoms with Gasteiger partial charge >= 0.3 is 11.2 Å². The van der Waals surface area contributed by atoms with Gasteiger partial charge in [-0.3, -0.25) is 24.3 Å². The minimum absolute atomic E-state index is 0.0552. The van der Waals surface area contributed by atoms with Crippen molar-refractivity contribution in [3.05, 3.63) is 102 Å². The second kappa shape index (κ2) is 9.52. The molecule has 0 bridgehead atoms. The van der Waals surface area contributed by atoms with Crippen molar-refractivity contribution in [2.24, 2.45) is 0 Å². The Morgan fingerprint density at radius 1 is 1.03 bits per heavy atom. The molecule has 178 valence electrons. The number of benzene rings is 2. The Kier molecular flexibility index (Phi) is 6.27. The number of nitrogens with zero attached hydrogens (tertiary/aromatic N) is 4. The van der Waals surface area contributed by atoms with Gasteiger partial charge in [-0.1, -0.05) is 48.0 Å². The molecule has 0 saturated carbocycles. The van der Waals surface area contributed by atoms with Crippen molar-refractivity contribution in [2.45, 2.75) is 6.54 Å². The number of carbonyl (C=O) groups excluding carboxylic acids is 1. The molecule has 0 radical (unpaired) electrons. The SMILES string of the molecule is O=C(c1cccs1)N1CCN(c2c([N+](=O)[O-])c(=O)n(Cc3ccccc3)c3ccc(Cl)cc23)CC1. The van der Waals surface area contributed by atoms with E-state index in [-0.39, 0.29) is 18.1 Å². The Morgan fingerprint density at radius 3 is 2.43 bits per heavy atom. The Labute approximate surface area is 209 Å². The van der Waals surface area contributed by atoms with Gasteiger partial charge in [0, 0.05) is 36.6 Å². The molecule has 8 nitrogen and oxygen atoms in total. The number of rotatable bonds is 5. The van der Waals surface area contributed by atoms with Gasteiger partial charge in [0.05, 0.1) is 21.9 Å². The fraction of sp³-hybridized carbons (Fsp3) is 0.200. The summed E-state index contributed by atoms with van der Waals surface area (Å²) in [5.41, 5.74) is 0.536. The van der Waals surface area contributed by atoms with E-state index in [4.69, 9.17) is 11.6 Å². The van der Waals surface area contributed by atoms with E-state index in [1.807, 2.05) is 46.7 Å². The Balaban J connectivity index is 1.58. The number of fused-ring (bicyclic) bond motifs is 1. The fourth-order valence-corrected chi connectivity index (χ4v) is 5.36. The average Bonchev–Trinajstić information content (AvgIpc) is 3.40. The molecule has 1 saturated heterocycles.